The van der Waals surface area contributed by atoms with Gasteiger partial charge < -0.3 is 15.0 Å². The molecule has 3 aromatic rings. The van der Waals surface area contributed by atoms with Crippen LogP contribution in [-0.4, -0.2) is 18.9 Å². The maximum absolute atomic E-state index is 14.4. The molecule has 2 spiro atoms. The van der Waals surface area contributed by atoms with E-state index >= 15 is 0 Å². The minimum atomic E-state index is -1.90. The van der Waals surface area contributed by atoms with Crippen LogP contribution >= 0.6 is 0 Å². The lowest BCUT2D eigenvalue weighted by Crippen LogP contribution is -2.38. The van der Waals surface area contributed by atoms with Gasteiger partial charge in [0.2, 0.25) is 11.8 Å². The molecule has 7 nitrogen and oxygen atoms in total. The van der Waals surface area contributed by atoms with Crippen LogP contribution in [0.5, 0.6) is 5.75 Å². The minimum Gasteiger partial charge on any atom is -0.497 e. The molecule has 3 aromatic carbocycles. The van der Waals surface area contributed by atoms with E-state index in [1.807, 2.05) is 30.3 Å². The fraction of sp³-hybridized carbons (Fsp3) is 0.185. The van der Waals surface area contributed by atoms with E-state index in [-0.39, 0.29) is 6.54 Å². The Bertz CT molecular complexity index is 1470. The van der Waals surface area contributed by atoms with Gasteiger partial charge in [0.25, 0.3) is 0 Å². The topological polar surface area (TPSA) is 106 Å². The van der Waals surface area contributed by atoms with Crippen molar-refractivity contribution in [1.82, 2.24) is 0 Å². The third-order valence-electron chi connectivity index (χ3n) is 7.53. The molecular formula is C27H18N4O3. The molecule has 0 saturated heterocycles. The van der Waals surface area contributed by atoms with Crippen LogP contribution < -0.4 is 15.0 Å². The van der Waals surface area contributed by atoms with Crippen molar-refractivity contribution in [3.8, 4) is 17.9 Å². The molecule has 3 aliphatic rings. The molecule has 0 radical (unpaired) electrons. The largest absolute Gasteiger partial charge is 0.497 e. The number of rotatable bonds is 3. The molecule has 2 atom stereocenters. The summed E-state index contributed by atoms with van der Waals surface area (Å²) in [5.41, 5.74) is -2.29. The quantitative estimate of drug-likeness (QED) is 0.664. The van der Waals surface area contributed by atoms with E-state index in [9.17, 15) is 20.1 Å². The summed E-state index contributed by atoms with van der Waals surface area (Å²) >= 11 is 0. The summed E-state index contributed by atoms with van der Waals surface area (Å²) in [6.45, 7) is 0.230. The number of carbonyl (C=O) groups is 2. The number of hydrogen-bond donors (Lipinski definition) is 1. The zero-order valence-corrected chi connectivity index (χ0v) is 18.2. The maximum Gasteiger partial charge on any atom is 0.242 e. The average molecular weight is 446 g/mol. The van der Waals surface area contributed by atoms with Crippen molar-refractivity contribution in [2.75, 3.05) is 17.3 Å². The molecular weight excluding hydrogens is 428 g/mol. The van der Waals surface area contributed by atoms with Gasteiger partial charge in [-0.05, 0) is 28.8 Å². The number of para-hydroxylation sites is 1. The van der Waals surface area contributed by atoms with Crippen molar-refractivity contribution in [1.29, 1.82) is 10.5 Å². The summed E-state index contributed by atoms with van der Waals surface area (Å²) in [6, 6.07) is 25.8. The van der Waals surface area contributed by atoms with E-state index < -0.39 is 28.1 Å². The number of amides is 2. The normalized spacial score (nSPS) is 24.9. The molecule has 6 rings (SSSR count). The lowest BCUT2D eigenvalue weighted by atomic mass is 9.83. The van der Waals surface area contributed by atoms with Gasteiger partial charge in [-0.15, -0.1) is 0 Å². The highest BCUT2D eigenvalue weighted by atomic mass is 16.5. The molecule has 34 heavy (non-hydrogen) atoms. The smallest absolute Gasteiger partial charge is 0.242 e. The van der Waals surface area contributed by atoms with Gasteiger partial charge in [0, 0.05) is 11.8 Å². The summed E-state index contributed by atoms with van der Waals surface area (Å²) < 4.78 is 5.41. The molecule has 1 N–H and O–H groups in total. The van der Waals surface area contributed by atoms with E-state index in [0.29, 0.717) is 28.3 Å². The number of nitrogens with one attached hydrogen (secondary N) is 1. The van der Waals surface area contributed by atoms with Crippen molar-refractivity contribution < 1.29 is 14.3 Å². The summed E-state index contributed by atoms with van der Waals surface area (Å²) in [5, 5.41) is 23.7. The second-order valence-electron chi connectivity index (χ2n) is 8.73. The molecule has 0 unspecified atom stereocenters. The molecule has 7 heteroatoms. The van der Waals surface area contributed by atoms with Crippen LogP contribution in [-0.2, 0) is 27.0 Å². The van der Waals surface area contributed by atoms with Crippen LogP contribution in [0.25, 0.3) is 0 Å². The third-order valence-corrected chi connectivity index (χ3v) is 7.53. The Morgan fingerprint density at radius 1 is 0.912 bits per heavy atom. The number of benzene rings is 3. The highest BCUT2D eigenvalue weighted by Crippen LogP contribution is 2.83. The first-order chi connectivity index (χ1) is 16.5. The van der Waals surface area contributed by atoms with Gasteiger partial charge in [0.05, 0.1) is 31.5 Å². The zero-order chi connectivity index (χ0) is 23.7. The van der Waals surface area contributed by atoms with Crippen LogP contribution in [0.2, 0.25) is 0 Å². The summed E-state index contributed by atoms with van der Waals surface area (Å²) in [7, 11) is 1.53. The third kappa shape index (κ3) is 1.89. The van der Waals surface area contributed by atoms with Gasteiger partial charge in [-0.2, -0.15) is 10.5 Å². The van der Waals surface area contributed by atoms with Crippen LogP contribution in [0, 0.1) is 28.1 Å². The monoisotopic (exact) mass is 446 g/mol. The standard InChI is InChI=1S/C27H18N4O3/c1-34-18-11-12-20-22(13-18)31(14-17-7-3-2-4-8-17)24(33)27(20)25(15-28,16-29)26(27)19-9-5-6-10-21(19)30-23(26)32/h2-13H,14H2,1H3,(H,30,32)/t26-,27-/m1/s1. The number of fused-ring (bicyclic) bond motifs is 5. The molecule has 2 amide bonds. The van der Waals surface area contributed by atoms with E-state index in [1.165, 1.54) is 7.11 Å². The highest BCUT2D eigenvalue weighted by molar-refractivity contribution is 6.26. The van der Waals surface area contributed by atoms with Gasteiger partial charge in [-0.1, -0.05) is 54.6 Å². The number of hydrogen-bond acceptors (Lipinski definition) is 5. The second-order valence-corrected chi connectivity index (χ2v) is 8.73. The van der Waals surface area contributed by atoms with E-state index in [1.54, 1.807) is 47.4 Å². The Morgan fingerprint density at radius 2 is 1.62 bits per heavy atom. The fourth-order valence-corrected chi connectivity index (χ4v) is 6.18. The number of ether oxygens (including phenoxy) is 1. The molecule has 2 aliphatic heterocycles. The lowest BCUT2D eigenvalue weighted by molar-refractivity contribution is -0.124. The SMILES string of the molecule is COc1ccc2c(c1)N(Cc1ccccc1)C(=O)[C@@]21C(C#N)(C#N)[C@@]12C(=O)Nc1ccccc12. The Kier molecular flexibility index (Phi) is 3.80. The number of anilines is 2. The first-order valence-corrected chi connectivity index (χ1v) is 10.8. The number of methoxy groups -OCH3 is 1. The van der Waals surface area contributed by atoms with Gasteiger partial charge in [-0.25, -0.2) is 0 Å². The van der Waals surface area contributed by atoms with Crippen molar-refractivity contribution in [3.05, 3.63) is 89.5 Å². The Labute approximate surface area is 195 Å². The zero-order valence-electron chi connectivity index (χ0n) is 18.2. The molecule has 164 valence electrons. The molecule has 1 aliphatic carbocycles. The molecule has 1 saturated carbocycles. The van der Waals surface area contributed by atoms with Gasteiger partial charge in [-0.3, -0.25) is 9.59 Å². The Morgan fingerprint density at radius 3 is 2.32 bits per heavy atom. The van der Waals surface area contributed by atoms with E-state index in [4.69, 9.17) is 4.74 Å². The molecule has 0 aromatic heterocycles. The predicted molar refractivity (Wildman–Crippen MR) is 123 cm³/mol. The summed E-state index contributed by atoms with van der Waals surface area (Å²) in [6.07, 6.45) is 0. The van der Waals surface area contributed by atoms with Crippen molar-refractivity contribution in [2.45, 2.75) is 17.4 Å². The minimum absolute atomic E-state index is 0.230. The molecule has 0 bridgehead atoms. The van der Waals surface area contributed by atoms with Crippen LogP contribution in [0.1, 0.15) is 16.7 Å². The molecule has 2 heterocycles. The fourth-order valence-electron chi connectivity index (χ4n) is 6.18. The van der Waals surface area contributed by atoms with Crippen LogP contribution in [0.4, 0.5) is 11.4 Å². The van der Waals surface area contributed by atoms with Crippen molar-refractivity contribution in [2.24, 2.45) is 5.41 Å². The van der Waals surface area contributed by atoms with Crippen molar-refractivity contribution >= 4 is 23.2 Å². The van der Waals surface area contributed by atoms with Gasteiger partial charge in [0.15, 0.2) is 5.41 Å². The van der Waals surface area contributed by atoms with Crippen molar-refractivity contribution in [3.63, 3.8) is 0 Å². The Hall–Kier alpha value is -4.62. The van der Waals surface area contributed by atoms with Crippen LogP contribution in [0.3, 0.4) is 0 Å². The number of nitriles is 2. The first-order valence-electron chi connectivity index (χ1n) is 10.8. The second kappa shape index (κ2) is 6.46. The van der Waals surface area contributed by atoms with E-state index in [2.05, 4.69) is 17.5 Å². The first kappa shape index (κ1) is 20.0. The summed E-state index contributed by atoms with van der Waals surface area (Å²) in [5.74, 6) is -0.407. The number of carbonyl (C=O) groups excluding carboxylic acids is 2. The average Bonchev–Trinajstić information content (AvgIpc) is 3.19. The maximum atomic E-state index is 14.4. The van der Waals surface area contributed by atoms with Gasteiger partial charge in [0.1, 0.15) is 16.6 Å². The van der Waals surface area contributed by atoms with Gasteiger partial charge >= 0.3 is 0 Å². The highest BCUT2D eigenvalue weighted by Gasteiger charge is 3.00. The van der Waals surface area contributed by atoms with E-state index in [0.717, 1.165) is 5.56 Å². The lowest BCUT2D eigenvalue weighted by Gasteiger charge is -2.19. The Balaban J connectivity index is 1.66. The number of nitrogens with zero attached hydrogens (tertiary/aromatic N) is 3. The summed E-state index contributed by atoms with van der Waals surface area (Å²) in [4.78, 5) is 29.6. The molecule has 1 fully saturated rings. The van der Waals surface area contributed by atoms with Crippen LogP contribution in [0.15, 0.2) is 72.8 Å². The predicted octanol–water partition coefficient (Wildman–Crippen LogP) is 3.42.